The van der Waals surface area contributed by atoms with Crippen molar-refractivity contribution < 1.29 is 18.3 Å². The molecule has 0 radical (unpaired) electrons. The van der Waals surface area contributed by atoms with Gasteiger partial charge in [-0.15, -0.1) is 11.3 Å². The van der Waals surface area contributed by atoms with E-state index in [4.69, 9.17) is 21.3 Å². The summed E-state index contributed by atoms with van der Waals surface area (Å²) in [5, 5.41) is 10.9. The summed E-state index contributed by atoms with van der Waals surface area (Å²) in [6, 6.07) is 5.66. The number of likely N-dealkylation sites (N-methyl/N-ethyl adjacent to an activating group) is 1. The molecule has 1 aromatic carbocycles. The number of likely N-dealkylation sites (tertiary alicyclic amines) is 1. The maximum Gasteiger partial charge on any atom is 0.209 e. The van der Waals surface area contributed by atoms with E-state index in [1.54, 1.807) is 6.08 Å². The minimum atomic E-state index is -0.623. The maximum absolute atomic E-state index is 17.6. The molecule has 0 N–H and O–H groups in total. The van der Waals surface area contributed by atoms with Crippen LogP contribution in [0.5, 0.6) is 0 Å². The van der Waals surface area contributed by atoms with Gasteiger partial charge in [0.25, 0.3) is 0 Å². The molecule has 6 nitrogen and oxygen atoms in total. The van der Waals surface area contributed by atoms with Crippen molar-refractivity contribution in [1.82, 2.24) is 9.80 Å². The Hall–Kier alpha value is -3.58. The molecule has 2 heterocycles. The molecular formula is C46H63ClF2N4O2S. The molecule has 0 saturated carbocycles. The third kappa shape index (κ3) is 11.3. The number of nitriles is 1. The van der Waals surface area contributed by atoms with Gasteiger partial charge in [0.15, 0.2) is 11.6 Å². The summed E-state index contributed by atoms with van der Waals surface area (Å²) < 4.78 is 39.6. The van der Waals surface area contributed by atoms with E-state index in [1.807, 2.05) is 33.8 Å². The lowest BCUT2D eigenvalue weighted by Crippen LogP contribution is -2.36. The quantitative estimate of drug-likeness (QED) is 0.125. The minimum absolute atomic E-state index is 0.0121. The molecule has 3 unspecified atom stereocenters. The topological polar surface area (TPSA) is 68.9 Å². The van der Waals surface area contributed by atoms with Crippen molar-refractivity contribution in [3.05, 3.63) is 86.8 Å². The molecular weight excluding hydrogens is 746 g/mol. The Balaban J connectivity index is 0.00000158. The lowest BCUT2D eigenvalue weighted by molar-refractivity contribution is -0.112. The van der Waals surface area contributed by atoms with Crippen LogP contribution < -0.4 is 0 Å². The molecule has 1 aliphatic heterocycles. The van der Waals surface area contributed by atoms with Crippen molar-refractivity contribution in [3.8, 4) is 6.07 Å². The van der Waals surface area contributed by atoms with E-state index in [1.165, 1.54) is 36.5 Å². The van der Waals surface area contributed by atoms with Crippen molar-refractivity contribution in [2.24, 2.45) is 16.8 Å². The van der Waals surface area contributed by atoms with Crippen molar-refractivity contribution in [1.29, 1.82) is 5.26 Å². The van der Waals surface area contributed by atoms with Gasteiger partial charge in [0.1, 0.15) is 24.2 Å². The van der Waals surface area contributed by atoms with Crippen molar-refractivity contribution in [3.63, 3.8) is 0 Å². The number of hydrogen-bond donors (Lipinski definition) is 0. The summed E-state index contributed by atoms with van der Waals surface area (Å²) in [6.07, 6.45) is 11.0. The van der Waals surface area contributed by atoms with Gasteiger partial charge in [0.05, 0.1) is 15.3 Å². The molecule has 1 fully saturated rings. The number of allylic oxidation sites excluding steroid dienone is 8. The van der Waals surface area contributed by atoms with Gasteiger partial charge < -0.3 is 9.64 Å². The van der Waals surface area contributed by atoms with E-state index < -0.39 is 11.6 Å². The van der Waals surface area contributed by atoms with Crippen LogP contribution in [-0.4, -0.2) is 60.1 Å². The van der Waals surface area contributed by atoms with Crippen molar-refractivity contribution in [2.45, 2.75) is 126 Å². The molecule has 0 amide bonds. The number of thiophene rings is 1. The standard InChI is InChI=1S/C42H57ClF2N4OS.C4H6O/c1-11-15-36(50-24-29-16-14-21-49(29)13-3)47-40-31(28(9)48(10)35(25(4)5)20-17-27(8)12-2)22-33(43)38(39(40)45)30-18-19-34(44)42-37(30)32(23-46)41(51-42)26(6)7;1-3-4(2)5/h15,18-19,22,25-27,29,35H,11-14,16-17,20-21,24H2,1-10H3;3H,1H2,2H3/b31-28+,36-15-,47-40+;. The molecule has 306 valence electrons. The first-order chi connectivity index (χ1) is 26.6. The van der Waals surface area contributed by atoms with E-state index in [9.17, 15) is 10.1 Å². The van der Waals surface area contributed by atoms with E-state index in [0.717, 1.165) is 55.8 Å². The normalized spacial score (nSPS) is 19.2. The second-order valence-electron chi connectivity index (χ2n) is 15.6. The van der Waals surface area contributed by atoms with Crippen molar-refractivity contribution in [2.75, 3.05) is 26.7 Å². The SMILES string of the molecule is C=CC(C)=O.CC/C=C(/N=C1/C(F)=C(c2ccc(F)c3sc(C(C)C)c(C#N)c23)C(Cl)=C/C1=C(/C)N(C)C(CCC(C)CC)C(C)C)OCC1CCCN1CC. The molecule has 56 heavy (non-hydrogen) atoms. The Labute approximate surface area is 344 Å². The number of fused-ring (bicyclic) bond motifs is 1. The lowest BCUT2D eigenvalue weighted by atomic mass is 9.88. The first-order valence-electron chi connectivity index (χ1n) is 20.2. The zero-order valence-electron chi connectivity index (χ0n) is 35.5. The zero-order valence-corrected chi connectivity index (χ0v) is 37.1. The highest BCUT2D eigenvalue weighted by Crippen LogP contribution is 2.46. The molecule has 3 atom stereocenters. The Morgan fingerprint density at radius 3 is 2.41 bits per heavy atom. The molecule has 2 aromatic rings. The largest absolute Gasteiger partial charge is 0.476 e. The number of ketones is 1. The van der Waals surface area contributed by atoms with Crippen LogP contribution in [0.3, 0.4) is 0 Å². The fourth-order valence-corrected chi connectivity index (χ4v) is 8.81. The Bertz CT molecular complexity index is 1910. The number of ether oxygens (including phenoxy) is 1. The third-order valence-corrected chi connectivity index (χ3v) is 12.8. The van der Waals surface area contributed by atoms with Gasteiger partial charge >= 0.3 is 0 Å². The summed E-state index contributed by atoms with van der Waals surface area (Å²) in [7, 11) is 2.07. The van der Waals surface area contributed by atoms with Crippen LogP contribution in [0.1, 0.15) is 130 Å². The molecule has 2 aliphatic rings. The summed E-state index contributed by atoms with van der Waals surface area (Å²) in [6.45, 7) is 26.2. The van der Waals surface area contributed by atoms with Crippen LogP contribution in [-0.2, 0) is 9.53 Å². The average molecular weight is 810 g/mol. The zero-order chi connectivity index (χ0) is 41.9. The van der Waals surface area contributed by atoms with Crippen LogP contribution in [0, 0.1) is 29.0 Å². The fraction of sp³-hybridized carbons (Fsp3) is 0.543. The summed E-state index contributed by atoms with van der Waals surface area (Å²) in [5.74, 6) is 0.261. The van der Waals surface area contributed by atoms with Gasteiger partial charge in [-0.25, -0.2) is 13.8 Å². The Morgan fingerprint density at radius 2 is 1.86 bits per heavy atom. The van der Waals surface area contributed by atoms with Gasteiger partial charge in [-0.2, -0.15) is 5.26 Å². The van der Waals surface area contributed by atoms with Gasteiger partial charge in [0, 0.05) is 46.2 Å². The summed E-state index contributed by atoms with van der Waals surface area (Å²) in [4.78, 5) is 20.1. The van der Waals surface area contributed by atoms with Crippen LogP contribution in [0.15, 0.2) is 69.9 Å². The van der Waals surface area contributed by atoms with Gasteiger partial charge in [-0.05, 0) is 107 Å². The van der Waals surface area contributed by atoms with Crippen LogP contribution in [0.4, 0.5) is 8.78 Å². The van der Waals surface area contributed by atoms with E-state index in [2.05, 4.69) is 64.1 Å². The molecule has 0 bridgehead atoms. The Morgan fingerprint density at radius 1 is 1.18 bits per heavy atom. The molecule has 1 aromatic heterocycles. The smallest absolute Gasteiger partial charge is 0.209 e. The molecule has 1 aliphatic carbocycles. The van der Waals surface area contributed by atoms with E-state index >= 15 is 8.78 Å². The molecule has 1 saturated heterocycles. The monoisotopic (exact) mass is 808 g/mol. The fourth-order valence-electron chi connectivity index (χ4n) is 7.33. The van der Waals surface area contributed by atoms with Gasteiger partial charge in [-0.3, -0.25) is 9.69 Å². The second-order valence-corrected chi connectivity index (χ2v) is 17.0. The third-order valence-electron chi connectivity index (χ3n) is 11.0. The number of halogens is 3. The Kier molecular flexibility index (Phi) is 18.2. The number of rotatable bonds is 16. The number of benzene rings is 1. The predicted molar refractivity (Wildman–Crippen MR) is 233 cm³/mol. The van der Waals surface area contributed by atoms with E-state index in [-0.39, 0.29) is 40.1 Å². The number of nitrogens with zero attached hydrogens (tertiary/aromatic N) is 4. The molecule has 10 heteroatoms. The first kappa shape index (κ1) is 46.8. The number of carbonyl (C=O) groups is 1. The molecule has 4 rings (SSSR count). The maximum atomic E-state index is 17.6. The summed E-state index contributed by atoms with van der Waals surface area (Å²) in [5.41, 5.74) is 2.39. The predicted octanol–water partition coefficient (Wildman–Crippen LogP) is 12.9. The lowest BCUT2D eigenvalue weighted by Gasteiger charge is -2.36. The second kappa shape index (κ2) is 21.8. The first-order valence-corrected chi connectivity index (χ1v) is 21.4. The average Bonchev–Trinajstić information content (AvgIpc) is 3.80. The van der Waals surface area contributed by atoms with Crippen LogP contribution >= 0.6 is 22.9 Å². The minimum Gasteiger partial charge on any atom is -0.476 e. The highest BCUT2D eigenvalue weighted by molar-refractivity contribution is 7.19. The highest BCUT2D eigenvalue weighted by atomic mass is 35.5. The van der Waals surface area contributed by atoms with Crippen LogP contribution in [0.25, 0.3) is 15.7 Å². The molecule has 0 spiro atoms. The van der Waals surface area contributed by atoms with Gasteiger partial charge in [0.2, 0.25) is 5.88 Å². The van der Waals surface area contributed by atoms with E-state index in [0.29, 0.717) is 57.5 Å². The van der Waals surface area contributed by atoms with Crippen molar-refractivity contribution >= 4 is 50.1 Å². The summed E-state index contributed by atoms with van der Waals surface area (Å²) >= 11 is 8.34. The van der Waals surface area contributed by atoms with Gasteiger partial charge in [-0.1, -0.05) is 86.1 Å². The highest BCUT2D eigenvalue weighted by Gasteiger charge is 2.33. The number of aliphatic imine (C=N–C) groups is 1. The van der Waals surface area contributed by atoms with Crippen LogP contribution in [0.2, 0.25) is 0 Å². The number of hydrogen-bond acceptors (Lipinski definition) is 7. The number of carbonyl (C=O) groups excluding carboxylic acids is 1.